The van der Waals surface area contributed by atoms with E-state index in [4.69, 9.17) is 9.47 Å². The van der Waals surface area contributed by atoms with Gasteiger partial charge >= 0.3 is 5.97 Å². The molecule has 0 aliphatic rings. The summed E-state index contributed by atoms with van der Waals surface area (Å²) in [5, 5.41) is 0.981. The zero-order valence-electron chi connectivity index (χ0n) is 17.5. The Bertz CT molecular complexity index is 1290. The standard InChI is InChI=1S/C26H20O5S/c1-29-20-12-13-21-22(16-20)32-26(25(28)18-6-4-3-5-7-18)24(21)17-8-10-19(11-9-17)31-15-14-23(27)30-2/h3-16H,1-2H3/b15-14+. The molecule has 1 heterocycles. The Kier molecular flexibility index (Phi) is 6.33. The molecule has 0 radical (unpaired) electrons. The number of carbonyl (C=O) groups is 2. The Balaban J connectivity index is 1.76. The first-order valence-corrected chi connectivity index (χ1v) is 10.6. The van der Waals surface area contributed by atoms with Crippen molar-refractivity contribution in [1.82, 2.24) is 0 Å². The quantitative estimate of drug-likeness (QED) is 0.154. The number of hydrogen-bond donors (Lipinski definition) is 0. The van der Waals surface area contributed by atoms with E-state index in [1.807, 2.05) is 60.7 Å². The molecule has 3 aromatic carbocycles. The first-order chi connectivity index (χ1) is 15.6. The molecule has 4 rings (SSSR count). The molecule has 0 N–H and O–H groups in total. The van der Waals surface area contributed by atoms with Gasteiger partial charge in [0.1, 0.15) is 11.5 Å². The average Bonchev–Trinajstić information content (AvgIpc) is 3.23. The second-order valence-corrected chi connectivity index (χ2v) is 7.88. The van der Waals surface area contributed by atoms with Crippen LogP contribution < -0.4 is 9.47 Å². The predicted octanol–water partition coefficient (Wildman–Crippen LogP) is 5.87. The van der Waals surface area contributed by atoms with Crippen LogP contribution in [0.5, 0.6) is 11.5 Å². The second kappa shape index (κ2) is 9.49. The lowest BCUT2D eigenvalue weighted by Crippen LogP contribution is -2.00. The van der Waals surface area contributed by atoms with Crippen molar-refractivity contribution in [3.63, 3.8) is 0 Å². The monoisotopic (exact) mass is 444 g/mol. The fourth-order valence-electron chi connectivity index (χ4n) is 3.31. The first kappa shape index (κ1) is 21.3. The number of fused-ring (bicyclic) bond motifs is 1. The molecule has 0 spiro atoms. The maximum atomic E-state index is 13.4. The lowest BCUT2D eigenvalue weighted by atomic mass is 9.98. The molecule has 0 aliphatic carbocycles. The van der Waals surface area contributed by atoms with E-state index in [9.17, 15) is 9.59 Å². The lowest BCUT2D eigenvalue weighted by molar-refractivity contribution is -0.134. The molecule has 160 valence electrons. The summed E-state index contributed by atoms with van der Waals surface area (Å²) in [6, 6.07) is 22.4. The SMILES string of the molecule is COC(=O)/C=C/Oc1ccc(-c2c(C(=O)c3ccccc3)sc3cc(OC)ccc23)cc1. The second-order valence-electron chi connectivity index (χ2n) is 6.83. The molecule has 0 amide bonds. The van der Waals surface area contributed by atoms with Gasteiger partial charge in [-0.2, -0.15) is 0 Å². The van der Waals surface area contributed by atoms with Gasteiger partial charge in [0.25, 0.3) is 0 Å². The molecule has 32 heavy (non-hydrogen) atoms. The molecule has 6 heteroatoms. The Morgan fingerprint density at radius 3 is 2.28 bits per heavy atom. The third-order valence-corrected chi connectivity index (χ3v) is 6.04. The van der Waals surface area contributed by atoms with E-state index in [2.05, 4.69) is 4.74 Å². The number of hydrogen-bond acceptors (Lipinski definition) is 6. The summed E-state index contributed by atoms with van der Waals surface area (Å²) in [5.41, 5.74) is 2.41. The number of thiophene rings is 1. The van der Waals surface area contributed by atoms with Crippen molar-refractivity contribution in [1.29, 1.82) is 0 Å². The summed E-state index contributed by atoms with van der Waals surface area (Å²) in [7, 11) is 2.93. The van der Waals surface area contributed by atoms with Gasteiger partial charge in [0.2, 0.25) is 5.78 Å². The van der Waals surface area contributed by atoms with Gasteiger partial charge in [-0.3, -0.25) is 4.79 Å². The van der Waals surface area contributed by atoms with E-state index < -0.39 is 5.97 Å². The van der Waals surface area contributed by atoms with Crippen LogP contribution in [0.15, 0.2) is 85.1 Å². The molecule has 4 aromatic rings. The molecule has 0 unspecified atom stereocenters. The minimum atomic E-state index is -0.495. The van der Waals surface area contributed by atoms with Crippen LogP contribution in [0.4, 0.5) is 0 Å². The first-order valence-electron chi connectivity index (χ1n) is 9.82. The number of ether oxygens (including phenoxy) is 3. The van der Waals surface area contributed by atoms with Crippen LogP contribution in [0.1, 0.15) is 15.2 Å². The Hall–Kier alpha value is -3.90. The molecule has 0 atom stereocenters. The molecule has 0 fully saturated rings. The van der Waals surface area contributed by atoms with Gasteiger partial charge in [0.05, 0.1) is 31.4 Å². The number of rotatable bonds is 7. The van der Waals surface area contributed by atoms with Crippen molar-refractivity contribution in [2.45, 2.75) is 0 Å². The minimum absolute atomic E-state index is 0.0258. The maximum Gasteiger partial charge on any atom is 0.333 e. The Morgan fingerprint density at radius 2 is 1.59 bits per heavy atom. The smallest absolute Gasteiger partial charge is 0.333 e. The zero-order chi connectivity index (χ0) is 22.5. The molecule has 1 aromatic heterocycles. The predicted molar refractivity (Wildman–Crippen MR) is 125 cm³/mol. The van der Waals surface area contributed by atoms with Crippen LogP contribution in [0.2, 0.25) is 0 Å². The van der Waals surface area contributed by atoms with Crippen molar-refractivity contribution in [3.05, 3.63) is 95.6 Å². The van der Waals surface area contributed by atoms with Gasteiger partial charge in [-0.1, -0.05) is 42.5 Å². The topological polar surface area (TPSA) is 61.8 Å². The van der Waals surface area contributed by atoms with Gasteiger partial charge < -0.3 is 14.2 Å². The van der Waals surface area contributed by atoms with Gasteiger partial charge in [-0.15, -0.1) is 11.3 Å². The number of benzene rings is 3. The van der Waals surface area contributed by atoms with Crippen molar-refractivity contribution in [2.24, 2.45) is 0 Å². The van der Waals surface area contributed by atoms with Crippen LogP contribution in [-0.4, -0.2) is 26.0 Å². The van der Waals surface area contributed by atoms with E-state index in [1.165, 1.54) is 30.8 Å². The summed E-state index contributed by atoms with van der Waals surface area (Å²) >= 11 is 1.45. The average molecular weight is 445 g/mol. The highest BCUT2D eigenvalue weighted by Crippen LogP contribution is 2.41. The fraction of sp³-hybridized carbons (Fsp3) is 0.0769. The molecular weight excluding hydrogens is 424 g/mol. The third kappa shape index (κ3) is 4.40. The molecule has 5 nitrogen and oxygen atoms in total. The van der Waals surface area contributed by atoms with Crippen LogP contribution in [0, 0.1) is 0 Å². The lowest BCUT2D eigenvalue weighted by Gasteiger charge is -2.07. The highest BCUT2D eigenvalue weighted by atomic mass is 32.1. The van der Waals surface area contributed by atoms with Crippen molar-refractivity contribution >= 4 is 33.2 Å². The molecule has 0 saturated carbocycles. The summed E-state index contributed by atoms with van der Waals surface area (Å²) in [6.45, 7) is 0. The highest BCUT2D eigenvalue weighted by Gasteiger charge is 2.21. The maximum absolute atomic E-state index is 13.4. The van der Waals surface area contributed by atoms with E-state index >= 15 is 0 Å². The molecule has 0 bridgehead atoms. The number of ketones is 1. The van der Waals surface area contributed by atoms with Crippen LogP contribution in [0.25, 0.3) is 21.2 Å². The number of methoxy groups -OCH3 is 2. The Morgan fingerprint density at radius 1 is 0.875 bits per heavy atom. The van der Waals surface area contributed by atoms with Gasteiger partial charge in [-0.05, 0) is 35.9 Å². The van der Waals surface area contributed by atoms with Crippen LogP contribution >= 0.6 is 11.3 Å². The van der Waals surface area contributed by atoms with Gasteiger partial charge in [0, 0.05) is 21.2 Å². The normalized spacial score (nSPS) is 10.9. The number of carbonyl (C=O) groups excluding carboxylic acids is 2. The third-order valence-electron chi connectivity index (χ3n) is 4.89. The fourth-order valence-corrected chi connectivity index (χ4v) is 4.52. The van der Waals surface area contributed by atoms with Crippen LogP contribution in [-0.2, 0) is 9.53 Å². The number of esters is 1. The summed E-state index contributed by atoms with van der Waals surface area (Å²) in [5.74, 6) is 0.782. The van der Waals surface area contributed by atoms with Crippen molar-refractivity contribution in [2.75, 3.05) is 14.2 Å². The van der Waals surface area contributed by atoms with Gasteiger partial charge in [-0.25, -0.2) is 4.79 Å². The molecule has 0 aliphatic heterocycles. The molecular formula is C26H20O5S. The Labute approximate surface area is 189 Å². The van der Waals surface area contributed by atoms with Crippen molar-refractivity contribution < 1.29 is 23.8 Å². The van der Waals surface area contributed by atoms with E-state index in [0.29, 0.717) is 16.2 Å². The zero-order valence-corrected chi connectivity index (χ0v) is 18.3. The van der Waals surface area contributed by atoms with E-state index in [0.717, 1.165) is 27.0 Å². The summed E-state index contributed by atoms with van der Waals surface area (Å²) in [6.07, 6.45) is 2.47. The van der Waals surface area contributed by atoms with Crippen LogP contribution in [0.3, 0.4) is 0 Å². The summed E-state index contributed by atoms with van der Waals surface area (Å²) in [4.78, 5) is 25.2. The van der Waals surface area contributed by atoms with E-state index in [-0.39, 0.29) is 5.78 Å². The van der Waals surface area contributed by atoms with Crippen molar-refractivity contribution in [3.8, 4) is 22.6 Å². The minimum Gasteiger partial charge on any atom is -0.497 e. The largest absolute Gasteiger partial charge is 0.497 e. The molecule has 0 saturated heterocycles. The summed E-state index contributed by atoms with van der Waals surface area (Å²) < 4.78 is 16.3. The highest BCUT2D eigenvalue weighted by molar-refractivity contribution is 7.21. The van der Waals surface area contributed by atoms with Gasteiger partial charge in [0.15, 0.2) is 0 Å². The van der Waals surface area contributed by atoms with E-state index in [1.54, 1.807) is 19.2 Å².